The zero-order chi connectivity index (χ0) is 16.7. The van der Waals surface area contributed by atoms with Crippen LogP contribution in [0, 0.1) is 0 Å². The summed E-state index contributed by atoms with van der Waals surface area (Å²) in [5.41, 5.74) is 1.16. The van der Waals surface area contributed by atoms with Crippen molar-refractivity contribution in [2.75, 3.05) is 39.1 Å². The van der Waals surface area contributed by atoms with Gasteiger partial charge in [-0.25, -0.2) is 0 Å². The molecule has 126 valence electrons. The van der Waals surface area contributed by atoms with Crippen LogP contribution in [0.2, 0.25) is 0 Å². The summed E-state index contributed by atoms with van der Waals surface area (Å²) in [6.45, 7) is 2.19. The van der Waals surface area contributed by atoms with Crippen LogP contribution in [-0.4, -0.2) is 56.6 Å². The van der Waals surface area contributed by atoms with Crippen LogP contribution >= 0.6 is 0 Å². The summed E-state index contributed by atoms with van der Waals surface area (Å²) in [5.74, 6) is -0.275. The monoisotopic (exact) mass is 319 g/mol. The molecule has 1 fully saturated rings. The van der Waals surface area contributed by atoms with Crippen molar-refractivity contribution in [1.82, 2.24) is 10.2 Å². The first-order valence-electron chi connectivity index (χ1n) is 8.02. The summed E-state index contributed by atoms with van der Waals surface area (Å²) < 4.78 is 5.35. The summed E-state index contributed by atoms with van der Waals surface area (Å²) in [6.07, 6.45) is 2.18. The Labute approximate surface area is 137 Å². The fourth-order valence-corrected chi connectivity index (χ4v) is 2.44. The van der Waals surface area contributed by atoms with E-state index < -0.39 is 0 Å². The number of benzene rings is 1. The lowest BCUT2D eigenvalue weighted by molar-refractivity contribution is -0.124. The smallest absolute Gasteiger partial charge is 0.253 e. The first kappa shape index (κ1) is 17.4. The molecule has 1 heterocycles. The van der Waals surface area contributed by atoms with E-state index in [0.717, 1.165) is 25.8 Å². The minimum atomic E-state index is -0.376. The van der Waals surface area contributed by atoms with Gasteiger partial charge in [0.1, 0.15) is 6.10 Å². The zero-order valence-corrected chi connectivity index (χ0v) is 13.8. The molecular weight excluding hydrogens is 294 g/mol. The summed E-state index contributed by atoms with van der Waals surface area (Å²) >= 11 is 0. The Bertz CT molecular complexity index is 540. The maximum atomic E-state index is 12.1. The topological polar surface area (TPSA) is 70.7 Å². The van der Waals surface area contributed by atoms with E-state index in [4.69, 9.17) is 4.74 Å². The maximum Gasteiger partial charge on any atom is 0.253 e. The maximum absolute atomic E-state index is 12.1. The Kier molecular flexibility index (Phi) is 6.55. The van der Waals surface area contributed by atoms with E-state index in [1.54, 1.807) is 24.3 Å². The van der Waals surface area contributed by atoms with Crippen LogP contribution in [0.4, 0.5) is 5.69 Å². The first-order valence-corrected chi connectivity index (χ1v) is 8.02. The molecule has 1 atom stereocenters. The van der Waals surface area contributed by atoms with Crippen molar-refractivity contribution >= 4 is 17.5 Å². The summed E-state index contributed by atoms with van der Waals surface area (Å²) in [6, 6.07) is 6.96. The van der Waals surface area contributed by atoms with Crippen molar-refractivity contribution < 1.29 is 14.3 Å². The van der Waals surface area contributed by atoms with Crippen LogP contribution < -0.4 is 10.6 Å². The largest absolute Gasteiger partial charge is 0.368 e. The third kappa shape index (κ3) is 5.65. The Morgan fingerprint density at radius 3 is 2.87 bits per heavy atom. The van der Waals surface area contributed by atoms with E-state index in [1.807, 2.05) is 14.1 Å². The Morgan fingerprint density at radius 1 is 1.35 bits per heavy atom. The number of ether oxygens (including phenoxy) is 1. The summed E-state index contributed by atoms with van der Waals surface area (Å²) in [5, 5.41) is 5.70. The normalized spacial score (nSPS) is 17.3. The molecule has 0 aliphatic carbocycles. The predicted octanol–water partition coefficient (Wildman–Crippen LogP) is 1.49. The highest BCUT2D eigenvalue weighted by Crippen LogP contribution is 2.16. The molecule has 6 nitrogen and oxygen atoms in total. The molecule has 2 amide bonds. The average Bonchev–Trinajstić information content (AvgIpc) is 3.06. The van der Waals surface area contributed by atoms with Gasteiger partial charge in [0.25, 0.3) is 11.8 Å². The number of carbonyl (C=O) groups is 2. The minimum Gasteiger partial charge on any atom is -0.368 e. The number of anilines is 1. The standard InChI is InChI=1S/C17H25N3O3/c1-20(2)10-5-9-18-16(21)13-6-3-7-14(12-13)19-17(22)15-8-4-11-23-15/h3,6-7,12,15H,4-5,8-11H2,1-2H3,(H,18,21)(H,19,22). The molecule has 1 aromatic rings. The predicted molar refractivity (Wildman–Crippen MR) is 89.5 cm³/mol. The van der Waals surface area contributed by atoms with E-state index >= 15 is 0 Å². The lowest BCUT2D eigenvalue weighted by atomic mass is 10.1. The van der Waals surface area contributed by atoms with E-state index in [-0.39, 0.29) is 17.9 Å². The molecule has 0 aromatic heterocycles. The number of nitrogens with zero attached hydrogens (tertiary/aromatic N) is 1. The van der Waals surface area contributed by atoms with Crippen molar-refractivity contribution in [1.29, 1.82) is 0 Å². The van der Waals surface area contributed by atoms with Gasteiger partial charge in [0.2, 0.25) is 0 Å². The molecule has 0 saturated carbocycles. The minimum absolute atomic E-state index is 0.128. The highest BCUT2D eigenvalue weighted by Gasteiger charge is 2.23. The Balaban J connectivity index is 1.85. The van der Waals surface area contributed by atoms with Gasteiger partial charge in [-0.15, -0.1) is 0 Å². The van der Waals surface area contributed by atoms with Gasteiger partial charge in [-0.05, 0) is 58.1 Å². The van der Waals surface area contributed by atoms with Gasteiger partial charge in [0, 0.05) is 24.4 Å². The van der Waals surface area contributed by atoms with Crippen LogP contribution in [0.3, 0.4) is 0 Å². The molecule has 1 aliphatic heterocycles. The van der Waals surface area contributed by atoms with E-state index in [2.05, 4.69) is 15.5 Å². The van der Waals surface area contributed by atoms with Crippen molar-refractivity contribution in [2.24, 2.45) is 0 Å². The molecule has 0 bridgehead atoms. The molecule has 6 heteroatoms. The second-order valence-corrected chi connectivity index (χ2v) is 5.98. The molecule has 1 aromatic carbocycles. The van der Waals surface area contributed by atoms with E-state index in [1.165, 1.54) is 0 Å². The van der Waals surface area contributed by atoms with Crippen molar-refractivity contribution in [3.63, 3.8) is 0 Å². The number of hydrogen-bond donors (Lipinski definition) is 2. The molecule has 0 spiro atoms. The number of hydrogen-bond acceptors (Lipinski definition) is 4. The van der Waals surface area contributed by atoms with Gasteiger partial charge in [-0.3, -0.25) is 9.59 Å². The van der Waals surface area contributed by atoms with Crippen LogP contribution in [0.15, 0.2) is 24.3 Å². The molecule has 0 radical (unpaired) electrons. The SMILES string of the molecule is CN(C)CCCNC(=O)c1cccc(NC(=O)C2CCCO2)c1. The van der Waals surface area contributed by atoms with Crippen molar-refractivity contribution in [3.05, 3.63) is 29.8 Å². The van der Waals surface area contributed by atoms with Gasteiger partial charge < -0.3 is 20.3 Å². The van der Waals surface area contributed by atoms with E-state index in [0.29, 0.717) is 24.4 Å². The van der Waals surface area contributed by atoms with Crippen LogP contribution in [0.5, 0.6) is 0 Å². The lowest BCUT2D eigenvalue weighted by Gasteiger charge is -2.12. The Morgan fingerprint density at radius 2 is 2.17 bits per heavy atom. The average molecular weight is 319 g/mol. The van der Waals surface area contributed by atoms with Gasteiger partial charge in [0.05, 0.1) is 0 Å². The zero-order valence-electron chi connectivity index (χ0n) is 13.8. The number of rotatable bonds is 7. The molecule has 1 unspecified atom stereocenters. The van der Waals surface area contributed by atoms with E-state index in [9.17, 15) is 9.59 Å². The summed E-state index contributed by atoms with van der Waals surface area (Å²) in [4.78, 5) is 26.2. The number of nitrogens with one attached hydrogen (secondary N) is 2. The fraction of sp³-hybridized carbons (Fsp3) is 0.529. The second kappa shape index (κ2) is 8.64. The number of amides is 2. The molecular formula is C17H25N3O3. The van der Waals surface area contributed by atoms with Crippen LogP contribution in [-0.2, 0) is 9.53 Å². The van der Waals surface area contributed by atoms with Crippen LogP contribution in [0.1, 0.15) is 29.6 Å². The van der Waals surface area contributed by atoms with Gasteiger partial charge in [-0.2, -0.15) is 0 Å². The molecule has 2 rings (SSSR count). The highest BCUT2D eigenvalue weighted by molar-refractivity contribution is 5.98. The highest BCUT2D eigenvalue weighted by atomic mass is 16.5. The molecule has 2 N–H and O–H groups in total. The summed E-state index contributed by atoms with van der Waals surface area (Å²) in [7, 11) is 4.00. The lowest BCUT2D eigenvalue weighted by Crippen LogP contribution is -2.28. The van der Waals surface area contributed by atoms with Crippen molar-refractivity contribution in [3.8, 4) is 0 Å². The third-order valence-corrected chi connectivity index (χ3v) is 3.68. The van der Waals surface area contributed by atoms with Gasteiger partial charge in [-0.1, -0.05) is 6.07 Å². The third-order valence-electron chi connectivity index (χ3n) is 3.68. The van der Waals surface area contributed by atoms with Gasteiger partial charge >= 0.3 is 0 Å². The first-order chi connectivity index (χ1) is 11.1. The van der Waals surface area contributed by atoms with Crippen molar-refractivity contribution in [2.45, 2.75) is 25.4 Å². The van der Waals surface area contributed by atoms with Crippen LogP contribution in [0.25, 0.3) is 0 Å². The molecule has 1 aliphatic rings. The van der Waals surface area contributed by atoms with Gasteiger partial charge in [0.15, 0.2) is 0 Å². The fourth-order valence-electron chi connectivity index (χ4n) is 2.44. The molecule has 1 saturated heterocycles. The quantitative estimate of drug-likeness (QED) is 0.747. The number of carbonyl (C=O) groups excluding carboxylic acids is 2. The second-order valence-electron chi connectivity index (χ2n) is 5.98. The molecule has 23 heavy (non-hydrogen) atoms. The Hall–Kier alpha value is -1.92.